The van der Waals surface area contributed by atoms with E-state index in [0.717, 1.165) is 30.8 Å². The average molecular weight is 251 g/mol. The number of rotatable bonds is 5. The van der Waals surface area contributed by atoms with E-state index in [4.69, 9.17) is 0 Å². The van der Waals surface area contributed by atoms with E-state index >= 15 is 0 Å². The molecule has 1 aromatic heterocycles. The van der Waals surface area contributed by atoms with Gasteiger partial charge < -0.3 is 0 Å². The molecule has 0 radical (unpaired) electrons. The molecular weight excluding hydrogens is 230 g/mol. The first-order chi connectivity index (χ1) is 8.30. The third-order valence-corrected chi connectivity index (χ3v) is 4.95. The van der Waals surface area contributed by atoms with Crippen molar-refractivity contribution in [2.24, 2.45) is 0 Å². The number of aldehydes is 1. The molecule has 0 atom stereocenters. The molecule has 0 saturated carbocycles. The Hall–Kier alpha value is -0.670. The molecule has 2 rings (SSSR count). The minimum absolute atomic E-state index is 0.951. The summed E-state index contributed by atoms with van der Waals surface area (Å²) < 4.78 is 0. The van der Waals surface area contributed by atoms with Gasteiger partial charge >= 0.3 is 0 Å². The minimum Gasteiger partial charge on any atom is -0.300 e. The summed E-state index contributed by atoms with van der Waals surface area (Å²) >= 11 is 1.73. The molecule has 1 aliphatic rings. The lowest BCUT2D eigenvalue weighted by Gasteiger charge is -2.20. The SMILES string of the molecule is CCN(CC)Cc1c(C=O)sc2c1CCCC2. The lowest BCUT2D eigenvalue weighted by Crippen LogP contribution is -2.23. The molecule has 0 N–H and O–H groups in total. The van der Waals surface area contributed by atoms with Gasteiger partial charge in [0.25, 0.3) is 0 Å². The van der Waals surface area contributed by atoms with Crippen LogP contribution in [0.15, 0.2) is 0 Å². The fourth-order valence-electron chi connectivity index (χ4n) is 2.59. The third-order valence-electron chi connectivity index (χ3n) is 3.70. The largest absolute Gasteiger partial charge is 0.300 e. The first-order valence-electron chi connectivity index (χ1n) is 6.61. The van der Waals surface area contributed by atoms with Gasteiger partial charge in [0.1, 0.15) is 0 Å². The van der Waals surface area contributed by atoms with E-state index in [1.54, 1.807) is 11.3 Å². The Morgan fingerprint density at radius 2 is 1.94 bits per heavy atom. The van der Waals surface area contributed by atoms with E-state index in [9.17, 15) is 4.79 Å². The van der Waals surface area contributed by atoms with E-state index in [2.05, 4.69) is 18.7 Å². The highest BCUT2D eigenvalue weighted by Crippen LogP contribution is 2.34. The van der Waals surface area contributed by atoms with Gasteiger partial charge in [-0.25, -0.2) is 0 Å². The number of carbonyl (C=O) groups is 1. The van der Waals surface area contributed by atoms with Gasteiger partial charge in [-0.15, -0.1) is 11.3 Å². The molecular formula is C14H21NOS. The molecule has 3 heteroatoms. The van der Waals surface area contributed by atoms with Crippen LogP contribution in [0.1, 0.15) is 52.4 Å². The summed E-state index contributed by atoms with van der Waals surface area (Å²) in [5, 5.41) is 0. The maximum atomic E-state index is 11.2. The van der Waals surface area contributed by atoms with Gasteiger partial charge in [-0.05, 0) is 49.9 Å². The molecule has 2 nitrogen and oxygen atoms in total. The van der Waals surface area contributed by atoms with Crippen LogP contribution in [0.4, 0.5) is 0 Å². The zero-order chi connectivity index (χ0) is 12.3. The summed E-state index contributed by atoms with van der Waals surface area (Å²) in [6.45, 7) is 7.43. The van der Waals surface area contributed by atoms with Crippen molar-refractivity contribution in [3.8, 4) is 0 Å². The highest BCUT2D eigenvalue weighted by atomic mass is 32.1. The van der Waals surface area contributed by atoms with Crippen LogP contribution < -0.4 is 0 Å². The Labute approximate surface area is 108 Å². The van der Waals surface area contributed by atoms with Crippen molar-refractivity contribution in [3.63, 3.8) is 0 Å². The molecule has 1 aliphatic carbocycles. The number of aryl methyl sites for hydroxylation is 1. The molecule has 94 valence electrons. The molecule has 0 fully saturated rings. The summed E-state index contributed by atoms with van der Waals surface area (Å²) in [4.78, 5) is 16.0. The fraction of sp³-hybridized carbons (Fsp3) is 0.643. The third kappa shape index (κ3) is 2.61. The normalized spacial score (nSPS) is 15.0. The molecule has 0 aliphatic heterocycles. The van der Waals surface area contributed by atoms with Gasteiger partial charge in [0.15, 0.2) is 6.29 Å². The summed E-state index contributed by atoms with van der Waals surface area (Å²) in [5.74, 6) is 0. The highest BCUT2D eigenvalue weighted by molar-refractivity contribution is 7.14. The molecule has 17 heavy (non-hydrogen) atoms. The summed E-state index contributed by atoms with van der Waals surface area (Å²) in [5.41, 5.74) is 2.82. The van der Waals surface area contributed by atoms with Crippen molar-refractivity contribution >= 4 is 17.6 Å². The first kappa shape index (κ1) is 12.8. The summed E-state index contributed by atoms with van der Waals surface area (Å²) in [7, 11) is 0. The molecule has 0 saturated heterocycles. The zero-order valence-electron chi connectivity index (χ0n) is 10.8. The number of thiophene rings is 1. The van der Waals surface area contributed by atoms with Gasteiger partial charge in [-0.2, -0.15) is 0 Å². The van der Waals surface area contributed by atoms with Crippen molar-refractivity contribution in [3.05, 3.63) is 20.9 Å². The fourth-order valence-corrected chi connectivity index (χ4v) is 3.81. The van der Waals surface area contributed by atoms with Gasteiger partial charge in [-0.1, -0.05) is 13.8 Å². The van der Waals surface area contributed by atoms with E-state index in [0.29, 0.717) is 0 Å². The Kier molecular flexibility index (Phi) is 4.35. The van der Waals surface area contributed by atoms with E-state index in [1.165, 1.54) is 41.7 Å². The van der Waals surface area contributed by atoms with Crippen LogP contribution >= 0.6 is 11.3 Å². The minimum atomic E-state index is 0.951. The van der Waals surface area contributed by atoms with Gasteiger partial charge in [-0.3, -0.25) is 9.69 Å². The monoisotopic (exact) mass is 251 g/mol. The zero-order valence-corrected chi connectivity index (χ0v) is 11.6. The second-order valence-electron chi connectivity index (χ2n) is 4.63. The Morgan fingerprint density at radius 1 is 1.24 bits per heavy atom. The highest BCUT2D eigenvalue weighted by Gasteiger charge is 2.21. The number of hydrogen-bond donors (Lipinski definition) is 0. The molecule has 0 spiro atoms. The van der Waals surface area contributed by atoms with E-state index < -0.39 is 0 Å². The van der Waals surface area contributed by atoms with Crippen molar-refractivity contribution < 1.29 is 4.79 Å². The second kappa shape index (κ2) is 5.78. The summed E-state index contributed by atoms with van der Waals surface area (Å²) in [6, 6.07) is 0. The second-order valence-corrected chi connectivity index (χ2v) is 5.77. The Bertz CT molecular complexity index is 393. The van der Waals surface area contributed by atoms with Crippen LogP contribution in [-0.4, -0.2) is 24.3 Å². The Balaban J connectivity index is 2.30. The van der Waals surface area contributed by atoms with E-state index in [-0.39, 0.29) is 0 Å². The quantitative estimate of drug-likeness (QED) is 0.749. The smallest absolute Gasteiger partial charge is 0.160 e. The van der Waals surface area contributed by atoms with Gasteiger partial charge in [0.05, 0.1) is 4.88 Å². The first-order valence-corrected chi connectivity index (χ1v) is 7.42. The molecule has 1 heterocycles. The number of carbonyl (C=O) groups excluding carboxylic acids is 1. The van der Waals surface area contributed by atoms with Crippen molar-refractivity contribution in [1.82, 2.24) is 4.90 Å². The van der Waals surface area contributed by atoms with Crippen molar-refractivity contribution in [1.29, 1.82) is 0 Å². The standard InChI is InChI=1S/C14H21NOS/c1-3-15(4-2)9-12-11-7-5-6-8-13(11)17-14(12)10-16/h10H,3-9H2,1-2H3. The predicted molar refractivity (Wildman–Crippen MR) is 73.0 cm³/mol. The molecule has 1 aromatic rings. The topological polar surface area (TPSA) is 20.3 Å². The molecule has 0 amide bonds. The molecule has 0 aromatic carbocycles. The lowest BCUT2D eigenvalue weighted by atomic mass is 9.94. The number of hydrogen-bond acceptors (Lipinski definition) is 3. The van der Waals surface area contributed by atoms with Crippen LogP contribution in [0.2, 0.25) is 0 Å². The molecule has 0 bridgehead atoms. The lowest BCUT2D eigenvalue weighted by molar-refractivity contribution is 0.112. The van der Waals surface area contributed by atoms with Crippen LogP contribution in [0.5, 0.6) is 0 Å². The number of fused-ring (bicyclic) bond motifs is 1. The maximum absolute atomic E-state index is 11.2. The van der Waals surface area contributed by atoms with Crippen LogP contribution in [-0.2, 0) is 19.4 Å². The number of nitrogens with zero attached hydrogens (tertiary/aromatic N) is 1. The Morgan fingerprint density at radius 3 is 2.59 bits per heavy atom. The van der Waals surface area contributed by atoms with Crippen LogP contribution in [0.3, 0.4) is 0 Å². The van der Waals surface area contributed by atoms with Crippen molar-refractivity contribution in [2.45, 2.75) is 46.1 Å². The average Bonchev–Trinajstić information content (AvgIpc) is 2.73. The van der Waals surface area contributed by atoms with Crippen LogP contribution in [0, 0.1) is 0 Å². The van der Waals surface area contributed by atoms with Gasteiger partial charge in [0, 0.05) is 11.4 Å². The summed E-state index contributed by atoms with van der Waals surface area (Å²) in [6.07, 6.45) is 5.99. The van der Waals surface area contributed by atoms with Crippen molar-refractivity contribution in [2.75, 3.05) is 13.1 Å². The van der Waals surface area contributed by atoms with E-state index in [1.807, 2.05) is 0 Å². The van der Waals surface area contributed by atoms with Gasteiger partial charge in [0.2, 0.25) is 0 Å². The maximum Gasteiger partial charge on any atom is 0.160 e. The predicted octanol–water partition coefficient (Wildman–Crippen LogP) is 3.28. The molecule has 0 unspecified atom stereocenters. The van der Waals surface area contributed by atoms with Crippen LogP contribution in [0.25, 0.3) is 0 Å².